The van der Waals surface area contributed by atoms with Gasteiger partial charge in [0.05, 0.1) is 23.2 Å². The van der Waals surface area contributed by atoms with Crippen LogP contribution < -0.4 is 41.0 Å². The fourth-order valence-electron chi connectivity index (χ4n) is 6.02. The molecule has 0 aliphatic heterocycles. The standard InChI is InChI=1S/C40H46Br2N6O10/c1-21-23(19-57-37-29(41)15-25(35(47-37)55-3)17-45-31(39(51)52)11-13-33(43)49)7-5-9-27(21)28-10-6-8-24(22(28)2)20-58-38-30(42)16-26(36(48-38)56-4)18-46-32(40(53)54)12-14-34(44)50/h5-10,15-16,31-32,45-46H,11-14,17-20H2,1-4H3,(H2,43,49)(H2,44,50)(H,51,52)(H,53,54)/t31-,32-/m0/s1. The van der Waals surface area contributed by atoms with Crippen molar-refractivity contribution in [3.63, 3.8) is 0 Å². The van der Waals surface area contributed by atoms with Crippen LogP contribution in [0.5, 0.6) is 23.5 Å². The summed E-state index contributed by atoms with van der Waals surface area (Å²) >= 11 is 7.04. The summed E-state index contributed by atoms with van der Waals surface area (Å²) in [6.45, 7) is 4.65. The molecule has 2 aromatic carbocycles. The number of nitrogens with two attached hydrogens (primary N) is 2. The van der Waals surface area contributed by atoms with Crippen LogP contribution in [0.3, 0.4) is 0 Å². The van der Waals surface area contributed by atoms with Gasteiger partial charge in [-0.1, -0.05) is 36.4 Å². The minimum atomic E-state index is -1.10. The number of carboxylic acid groups (broad SMARTS) is 2. The second-order valence-electron chi connectivity index (χ2n) is 13.2. The molecule has 4 rings (SSSR count). The number of nitrogens with zero attached hydrogens (tertiary/aromatic N) is 2. The average Bonchev–Trinajstić information content (AvgIpc) is 3.17. The van der Waals surface area contributed by atoms with Crippen LogP contribution in [0.4, 0.5) is 0 Å². The summed E-state index contributed by atoms with van der Waals surface area (Å²) in [7, 11) is 2.92. The molecule has 2 aromatic heterocycles. The van der Waals surface area contributed by atoms with Crippen molar-refractivity contribution in [3.8, 4) is 34.6 Å². The highest BCUT2D eigenvalue weighted by atomic mass is 79.9. The summed E-state index contributed by atoms with van der Waals surface area (Å²) in [4.78, 5) is 54.7. The fourth-order valence-corrected chi connectivity index (χ4v) is 6.98. The molecule has 0 unspecified atom stereocenters. The Kier molecular flexibility index (Phi) is 16.8. The first-order valence-corrected chi connectivity index (χ1v) is 19.6. The Labute approximate surface area is 352 Å². The van der Waals surface area contributed by atoms with E-state index < -0.39 is 35.8 Å². The summed E-state index contributed by atoms with van der Waals surface area (Å²) in [6.07, 6.45) is -0.0517. The fraction of sp³-hybridized carbons (Fsp3) is 0.350. The second-order valence-corrected chi connectivity index (χ2v) is 14.9. The first-order valence-electron chi connectivity index (χ1n) is 18.0. The van der Waals surface area contributed by atoms with Crippen LogP contribution in [0.2, 0.25) is 0 Å². The quantitative estimate of drug-likeness (QED) is 0.0569. The molecule has 4 aromatic rings. The number of hydrogen-bond acceptors (Lipinski definition) is 12. The van der Waals surface area contributed by atoms with E-state index in [0.29, 0.717) is 20.1 Å². The predicted molar refractivity (Wildman–Crippen MR) is 220 cm³/mol. The van der Waals surface area contributed by atoms with E-state index in [0.717, 1.165) is 33.4 Å². The van der Waals surface area contributed by atoms with Gasteiger partial charge in [-0.15, -0.1) is 0 Å². The summed E-state index contributed by atoms with van der Waals surface area (Å²) in [6, 6.07) is 13.4. The number of halogens is 2. The van der Waals surface area contributed by atoms with Crippen molar-refractivity contribution < 1.29 is 48.3 Å². The van der Waals surface area contributed by atoms with E-state index in [4.69, 9.17) is 30.4 Å². The Morgan fingerprint density at radius 2 is 1.03 bits per heavy atom. The van der Waals surface area contributed by atoms with Gasteiger partial charge in [-0.2, -0.15) is 9.97 Å². The minimum absolute atomic E-state index is 0.0426. The van der Waals surface area contributed by atoms with Crippen LogP contribution in [-0.2, 0) is 45.5 Å². The monoisotopic (exact) mass is 928 g/mol. The summed E-state index contributed by atoms with van der Waals surface area (Å²) in [5.41, 5.74) is 17.4. The molecule has 0 fully saturated rings. The molecule has 18 heteroatoms. The molecule has 2 heterocycles. The zero-order valence-corrected chi connectivity index (χ0v) is 35.6. The van der Waals surface area contributed by atoms with Gasteiger partial charge >= 0.3 is 11.9 Å². The van der Waals surface area contributed by atoms with Crippen LogP contribution in [0.1, 0.15) is 59.1 Å². The van der Waals surface area contributed by atoms with E-state index in [1.165, 1.54) is 14.2 Å². The van der Waals surface area contributed by atoms with Crippen molar-refractivity contribution in [2.24, 2.45) is 11.5 Å². The third kappa shape index (κ3) is 12.3. The Bertz CT molecular complexity index is 1990. The Morgan fingerprint density at radius 1 is 0.655 bits per heavy atom. The molecule has 0 aliphatic carbocycles. The van der Waals surface area contributed by atoms with E-state index in [2.05, 4.69) is 52.5 Å². The van der Waals surface area contributed by atoms with Gasteiger partial charge in [-0.3, -0.25) is 19.2 Å². The van der Waals surface area contributed by atoms with E-state index in [-0.39, 0.29) is 75.5 Å². The number of carboxylic acids is 2. The second kappa shape index (κ2) is 21.5. The number of carbonyl (C=O) groups is 4. The van der Waals surface area contributed by atoms with Gasteiger partial charge in [0, 0.05) is 37.1 Å². The molecule has 0 saturated carbocycles. The van der Waals surface area contributed by atoms with Crippen molar-refractivity contribution in [1.82, 2.24) is 20.6 Å². The Morgan fingerprint density at radius 3 is 1.36 bits per heavy atom. The van der Waals surface area contributed by atoms with E-state index >= 15 is 0 Å². The number of ether oxygens (including phenoxy) is 4. The predicted octanol–water partition coefficient (Wildman–Crippen LogP) is 5.08. The number of pyridine rings is 2. The highest BCUT2D eigenvalue weighted by Gasteiger charge is 2.22. The smallest absolute Gasteiger partial charge is 0.320 e. The maximum absolute atomic E-state index is 11.7. The van der Waals surface area contributed by atoms with Crippen LogP contribution >= 0.6 is 31.9 Å². The molecule has 0 aliphatic rings. The summed E-state index contributed by atoms with van der Waals surface area (Å²) in [5.74, 6) is -2.29. The van der Waals surface area contributed by atoms with Gasteiger partial charge < -0.3 is 51.3 Å². The first-order chi connectivity index (χ1) is 27.6. The van der Waals surface area contributed by atoms with Crippen LogP contribution in [0.25, 0.3) is 11.1 Å². The first kappa shape index (κ1) is 45.4. The molecule has 8 N–H and O–H groups in total. The maximum atomic E-state index is 11.7. The van der Waals surface area contributed by atoms with Gasteiger partial charge in [0.2, 0.25) is 35.3 Å². The van der Waals surface area contributed by atoms with Crippen LogP contribution in [0.15, 0.2) is 57.5 Å². The van der Waals surface area contributed by atoms with E-state index in [9.17, 15) is 29.4 Å². The summed E-state index contributed by atoms with van der Waals surface area (Å²) in [5, 5.41) is 24.9. The molecular formula is C40H46Br2N6O10. The lowest BCUT2D eigenvalue weighted by Crippen LogP contribution is -2.37. The van der Waals surface area contributed by atoms with Crippen molar-refractivity contribution in [2.75, 3.05) is 14.2 Å². The molecule has 0 radical (unpaired) electrons. The van der Waals surface area contributed by atoms with Gasteiger partial charge in [0.25, 0.3) is 0 Å². The number of aromatic nitrogens is 2. The average molecular weight is 931 g/mol. The number of carbonyl (C=O) groups excluding carboxylic acids is 2. The van der Waals surface area contributed by atoms with Gasteiger partial charge in [-0.05, 0) is 104 Å². The van der Waals surface area contributed by atoms with Gasteiger partial charge in [-0.25, -0.2) is 0 Å². The normalized spacial score (nSPS) is 12.0. The molecule has 0 spiro atoms. The largest absolute Gasteiger partial charge is 0.481 e. The molecule has 58 heavy (non-hydrogen) atoms. The Hall–Kier alpha value is -5.30. The lowest BCUT2D eigenvalue weighted by Gasteiger charge is -2.18. The third-order valence-electron chi connectivity index (χ3n) is 9.30. The lowest BCUT2D eigenvalue weighted by atomic mass is 9.92. The zero-order valence-electron chi connectivity index (χ0n) is 32.4. The lowest BCUT2D eigenvalue weighted by molar-refractivity contribution is -0.141. The number of nitrogens with one attached hydrogen (secondary N) is 2. The van der Waals surface area contributed by atoms with E-state index in [1.807, 2.05) is 50.2 Å². The SMILES string of the molecule is COc1nc(OCc2cccc(-c3cccc(COc4nc(OC)c(CN[C@@H](CCC(N)=O)C(=O)O)cc4Br)c3C)c2C)c(Br)cc1CN[C@@H](CCC(N)=O)C(=O)O. The number of hydrogen-bond donors (Lipinski definition) is 6. The third-order valence-corrected chi connectivity index (χ3v) is 10.4. The topological polar surface area (TPSA) is 248 Å². The number of primary amides is 2. The van der Waals surface area contributed by atoms with Crippen LogP contribution in [-0.4, -0.2) is 70.2 Å². The van der Waals surface area contributed by atoms with E-state index in [1.54, 1.807) is 12.1 Å². The summed E-state index contributed by atoms with van der Waals surface area (Å²) < 4.78 is 24.4. The maximum Gasteiger partial charge on any atom is 0.320 e. The van der Waals surface area contributed by atoms with Gasteiger partial charge in [0.15, 0.2) is 0 Å². The minimum Gasteiger partial charge on any atom is -0.481 e. The molecular weight excluding hydrogens is 884 g/mol. The van der Waals surface area contributed by atoms with Gasteiger partial charge in [0.1, 0.15) is 25.3 Å². The molecule has 16 nitrogen and oxygen atoms in total. The highest BCUT2D eigenvalue weighted by Crippen LogP contribution is 2.34. The molecule has 2 amide bonds. The van der Waals surface area contributed by atoms with Crippen molar-refractivity contribution in [1.29, 1.82) is 0 Å². The molecule has 310 valence electrons. The van der Waals surface area contributed by atoms with Crippen molar-refractivity contribution >= 4 is 55.6 Å². The number of aliphatic carboxylic acids is 2. The van der Waals surface area contributed by atoms with Crippen LogP contribution in [0, 0.1) is 13.8 Å². The molecule has 2 atom stereocenters. The number of rotatable bonds is 23. The van der Waals surface area contributed by atoms with Crippen molar-refractivity contribution in [2.45, 2.75) is 77.9 Å². The highest BCUT2D eigenvalue weighted by molar-refractivity contribution is 9.10. The molecule has 0 bridgehead atoms. The number of methoxy groups -OCH3 is 2. The zero-order chi connectivity index (χ0) is 42.5. The molecule has 0 saturated heterocycles. The van der Waals surface area contributed by atoms with Crippen molar-refractivity contribution in [3.05, 3.63) is 90.9 Å². The number of benzene rings is 2. The Balaban J connectivity index is 1.46. The number of amides is 2.